The fourth-order valence-corrected chi connectivity index (χ4v) is 2.90. The largest absolute Gasteiger partial charge is 0.325 e. The van der Waals surface area contributed by atoms with E-state index in [2.05, 4.69) is 0 Å². The third kappa shape index (κ3) is 3.08. The maximum Gasteiger partial charge on any atom is 0.254 e. The van der Waals surface area contributed by atoms with Crippen molar-refractivity contribution in [2.24, 2.45) is 0 Å². The van der Waals surface area contributed by atoms with Gasteiger partial charge in [-0.3, -0.25) is 9.59 Å². The van der Waals surface area contributed by atoms with Crippen molar-refractivity contribution in [2.75, 3.05) is 18.0 Å². The van der Waals surface area contributed by atoms with Crippen LogP contribution in [-0.2, 0) is 4.79 Å². The van der Waals surface area contributed by atoms with E-state index in [0.29, 0.717) is 23.7 Å². The van der Waals surface area contributed by atoms with Gasteiger partial charge in [0.05, 0.1) is 0 Å². The van der Waals surface area contributed by atoms with E-state index in [4.69, 9.17) is 11.6 Å². The van der Waals surface area contributed by atoms with Crippen molar-refractivity contribution in [3.8, 4) is 0 Å². The summed E-state index contributed by atoms with van der Waals surface area (Å²) in [6.45, 7) is 2.75. The molecule has 0 unspecified atom stereocenters. The topological polar surface area (TPSA) is 40.6 Å². The smallest absolute Gasteiger partial charge is 0.254 e. The van der Waals surface area contributed by atoms with Crippen LogP contribution >= 0.6 is 11.6 Å². The molecule has 23 heavy (non-hydrogen) atoms. The van der Waals surface area contributed by atoms with E-state index in [1.165, 1.54) is 0 Å². The number of piperazine rings is 1. The predicted molar refractivity (Wildman–Crippen MR) is 90.7 cm³/mol. The van der Waals surface area contributed by atoms with Gasteiger partial charge in [-0.05, 0) is 43.3 Å². The minimum Gasteiger partial charge on any atom is -0.325 e. The average Bonchev–Trinajstić information content (AvgIpc) is 2.58. The summed E-state index contributed by atoms with van der Waals surface area (Å²) in [4.78, 5) is 28.6. The lowest BCUT2D eigenvalue weighted by Gasteiger charge is -2.39. The molecule has 0 bridgehead atoms. The molecule has 1 heterocycles. The molecule has 0 saturated carbocycles. The number of halogens is 1. The molecule has 1 fully saturated rings. The molecule has 2 aromatic rings. The summed E-state index contributed by atoms with van der Waals surface area (Å²) >= 11 is 5.89. The highest BCUT2D eigenvalue weighted by molar-refractivity contribution is 6.30. The number of carbonyl (C=O) groups is 2. The van der Waals surface area contributed by atoms with Crippen molar-refractivity contribution in [1.82, 2.24) is 4.90 Å². The highest BCUT2D eigenvalue weighted by atomic mass is 35.5. The summed E-state index contributed by atoms with van der Waals surface area (Å²) in [5.74, 6) is -0.190. The van der Waals surface area contributed by atoms with Crippen molar-refractivity contribution in [2.45, 2.75) is 13.0 Å². The monoisotopic (exact) mass is 328 g/mol. The van der Waals surface area contributed by atoms with Crippen molar-refractivity contribution in [1.29, 1.82) is 0 Å². The fourth-order valence-electron chi connectivity index (χ4n) is 2.77. The SMILES string of the molecule is C[C@H]1C(=O)N(c2ccc(Cl)cc2)CCN1C(=O)c1ccccc1. The Morgan fingerprint density at radius 1 is 1.04 bits per heavy atom. The van der Waals surface area contributed by atoms with Crippen molar-refractivity contribution in [3.05, 3.63) is 65.2 Å². The molecule has 0 radical (unpaired) electrons. The van der Waals surface area contributed by atoms with E-state index in [0.717, 1.165) is 5.69 Å². The highest BCUT2D eigenvalue weighted by Crippen LogP contribution is 2.23. The molecule has 0 spiro atoms. The molecular formula is C18H17ClN2O2. The molecule has 0 N–H and O–H groups in total. The van der Waals surface area contributed by atoms with Crippen LogP contribution in [0.1, 0.15) is 17.3 Å². The molecule has 0 aliphatic carbocycles. The second kappa shape index (κ2) is 6.42. The van der Waals surface area contributed by atoms with Gasteiger partial charge in [0, 0.05) is 29.4 Å². The Hall–Kier alpha value is -2.33. The first-order chi connectivity index (χ1) is 11.1. The summed E-state index contributed by atoms with van der Waals surface area (Å²) in [6, 6.07) is 15.7. The first-order valence-corrected chi connectivity index (χ1v) is 7.88. The molecule has 3 rings (SSSR count). The van der Waals surface area contributed by atoms with Gasteiger partial charge in [0.25, 0.3) is 5.91 Å². The Labute approximate surface area is 140 Å². The van der Waals surface area contributed by atoms with Crippen LogP contribution in [0.2, 0.25) is 5.02 Å². The van der Waals surface area contributed by atoms with E-state index < -0.39 is 6.04 Å². The zero-order valence-corrected chi connectivity index (χ0v) is 13.5. The minimum atomic E-state index is -0.493. The first-order valence-electron chi connectivity index (χ1n) is 7.51. The van der Waals surface area contributed by atoms with Crippen LogP contribution in [0, 0.1) is 0 Å². The molecule has 118 valence electrons. The number of amides is 2. The lowest BCUT2D eigenvalue weighted by atomic mass is 10.1. The van der Waals surface area contributed by atoms with Gasteiger partial charge in [0.15, 0.2) is 0 Å². The number of nitrogens with zero attached hydrogens (tertiary/aromatic N) is 2. The second-order valence-electron chi connectivity index (χ2n) is 5.51. The van der Waals surface area contributed by atoms with E-state index in [1.807, 2.05) is 30.3 Å². The lowest BCUT2D eigenvalue weighted by Crippen LogP contribution is -2.57. The average molecular weight is 329 g/mol. The van der Waals surface area contributed by atoms with Gasteiger partial charge < -0.3 is 9.80 Å². The third-order valence-electron chi connectivity index (χ3n) is 4.08. The number of benzene rings is 2. The molecular weight excluding hydrogens is 312 g/mol. The van der Waals surface area contributed by atoms with E-state index >= 15 is 0 Å². The number of anilines is 1. The van der Waals surface area contributed by atoms with Gasteiger partial charge in [-0.15, -0.1) is 0 Å². The quantitative estimate of drug-likeness (QED) is 0.849. The van der Waals surface area contributed by atoms with Gasteiger partial charge in [-0.2, -0.15) is 0 Å². The van der Waals surface area contributed by atoms with Crippen molar-refractivity contribution in [3.63, 3.8) is 0 Å². The molecule has 4 nitrogen and oxygen atoms in total. The van der Waals surface area contributed by atoms with Crippen molar-refractivity contribution < 1.29 is 9.59 Å². The van der Waals surface area contributed by atoms with E-state index in [-0.39, 0.29) is 11.8 Å². The first kappa shape index (κ1) is 15.6. The molecule has 0 aromatic heterocycles. The summed E-state index contributed by atoms with van der Waals surface area (Å²) < 4.78 is 0. The highest BCUT2D eigenvalue weighted by Gasteiger charge is 2.35. The van der Waals surface area contributed by atoms with Gasteiger partial charge in [-0.25, -0.2) is 0 Å². The van der Waals surface area contributed by atoms with Crippen LogP contribution < -0.4 is 4.90 Å². The standard InChI is InChI=1S/C18H17ClN2O2/c1-13-17(22)21(16-9-7-15(19)8-10-16)12-11-20(13)18(23)14-5-3-2-4-6-14/h2-10,13H,11-12H2,1H3/t13-/m0/s1. The Morgan fingerprint density at radius 2 is 1.70 bits per heavy atom. The number of carbonyl (C=O) groups excluding carboxylic acids is 2. The van der Waals surface area contributed by atoms with Crippen LogP contribution in [0.25, 0.3) is 0 Å². The minimum absolute atomic E-state index is 0.0807. The molecule has 5 heteroatoms. The fraction of sp³-hybridized carbons (Fsp3) is 0.222. The number of hydrogen-bond donors (Lipinski definition) is 0. The normalized spacial score (nSPS) is 18.2. The van der Waals surface area contributed by atoms with Crippen LogP contribution in [0.4, 0.5) is 5.69 Å². The third-order valence-corrected chi connectivity index (χ3v) is 4.33. The Kier molecular flexibility index (Phi) is 4.35. The zero-order chi connectivity index (χ0) is 16.4. The van der Waals surface area contributed by atoms with Gasteiger partial charge >= 0.3 is 0 Å². The van der Waals surface area contributed by atoms with Crippen LogP contribution in [-0.4, -0.2) is 35.8 Å². The van der Waals surface area contributed by atoms with Gasteiger partial charge in [0.1, 0.15) is 6.04 Å². The Morgan fingerprint density at radius 3 is 2.35 bits per heavy atom. The van der Waals surface area contributed by atoms with E-state index in [9.17, 15) is 9.59 Å². The second-order valence-corrected chi connectivity index (χ2v) is 5.94. The Bertz CT molecular complexity index is 716. The molecule has 1 aliphatic heterocycles. The Balaban J connectivity index is 1.79. The van der Waals surface area contributed by atoms with Crippen LogP contribution in [0.5, 0.6) is 0 Å². The number of rotatable bonds is 2. The summed E-state index contributed by atoms with van der Waals surface area (Å²) in [7, 11) is 0. The summed E-state index contributed by atoms with van der Waals surface area (Å²) in [5, 5.41) is 0.632. The van der Waals surface area contributed by atoms with Crippen LogP contribution in [0.15, 0.2) is 54.6 Å². The molecule has 1 atom stereocenters. The summed E-state index contributed by atoms with van der Waals surface area (Å²) in [5.41, 5.74) is 1.41. The summed E-state index contributed by atoms with van der Waals surface area (Å²) in [6.07, 6.45) is 0. The van der Waals surface area contributed by atoms with Gasteiger partial charge in [-0.1, -0.05) is 29.8 Å². The molecule has 1 saturated heterocycles. The molecule has 2 amide bonds. The maximum absolute atomic E-state index is 12.7. The molecule has 2 aromatic carbocycles. The maximum atomic E-state index is 12.7. The number of hydrogen-bond acceptors (Lipinski definition) is 2. The lowest BCUT2D eigenvalue weighted by molar-refractivity contribution is -0.124. The predicted octanol–water partition coefficient (Wildman–Crippen LogP) is 3.22. The van der Waals surface area contributed by atoms with Crippen LogP contribution in [0.3, 0.4) is 0 Å². The molecule has 1 aliphatic rings. The van der Waals surface area contributed by atoms with Crippen molar-refractivity contribution >= 4 is 29.1 Å². The van der Waals surface area contributed by atoms with E-state index in [1.54, 1.807) is 41.0 Å². The zero-order valence-electron chi connectivity index (χ0n) is 12.8. The van der Waals surface area contributed by atoms with Gasteiger partial charge in [0.2, 0.25) is 5.91 Å².